The second-order valence-corrected chi connectivity index (χ2v) is 8.77. The molecule has 0 unspecified atom stereocenters. The molecule has 0 bridgehead atoms. The minimum Gasteiger partial charge on any atom is -0.497 e. The summed E-state index contributed by atoms with van der Waals surface area (Å²) in [6.07, 6.45) is 0. The lowest BCUT2D eigenvalue weighted by molar-refractivity contribution is -0.113. The van der Waals surface area contributed by atoms with Crippen LogP contribution in [-0.4, -0.2) is 54.1 Å². The van der Waals surface area contributed by atoms with Crippen LogP contribution in [0.3, 0.4) is 0 Å². The van der Waals surface area contributed by atoms with E-state index >= 15 is 0 Å². The first-order chi connectivity index (χ1) is 16.1. The SMILES string of the molecule is COCCn1c(SCC(=O)Nc2nc(-c3ccc(OC)cc3OC)cs2)nc2ccccc21. The molecule has 8 nitrogen and oxygen atoms in total. The van der Waals surface area contributed by atoms with Crippen LogP contribution in [-0.2, 0) is 16.1 Å². The molecule has 172 valence electrons. The highest BCUT2D eigenvalue weighted by Crippen LogP contribution is 2.35. The second-order valence-electron chi connectivity index (χ2n) is 6.97. The maximum atomic E-state index is 12.6. The van der Waals surface area contributed by atoms with Gasteiger partial charge in [0.2, 0.25) is 5.91 Å². The first-order valence-electron chi connectivity index (χ1n) is 10.2. The van der Waals surface area contributed by atoms with Gasteiger partial charge in [-0.05, 0) is 24.3 Å². The largest absolute Gasteiger partial charge is 0.497 e. The highest BCUT2D eigenvalue weighted by atomic mass is 32.2. The van der Waals surface area contributed by atoms with Gasteiger partial charge < -0.3 is 24.1 Å². The summed E-state index contributed by atoms with van der Waals surface area (Å²) in [4.78, 5) is 21.8. The molecule has 1 N–H and O–H groups in total. The minimum absolute atomic E-state index is 0.145. The molecular weight excluding hydrogens is 460 g/mol. The van der Waals surface area contributed by atoms with Crippen molar-refractivity contribution < 1.29 is 19.0 Å². The molecule has 1 amide bonds. The Morgan fingerprint density at radius 3 is 2.76 bits per heavy atom. The van der Waals surface area contributed by atoms with Crippen LogP contribution in [0.5, 0.6) is 11.5 Å². The molecule has 0 atom stereocenters. The van der Waals surface area contributed by atoms with Crippen molar-refractivity contribution >= 4 is 45.2 Å². The van der Waals surface area contributed by atoms with E-state index in [1.54, 1.807) is 27.4 Å². The molecule has 0 spiro atoms. The first kappa shape index (κ1) is 23.1. The van der Waals surface area contributed by atoms with Crippen molar-refractivity contribution in [3.63, 3.8) is 0 Å². The number of carbonyl (C=O) groups is 1. The number of anilines is 1. The van der Waals surface area contributed by atoms with Gasteiger partial charge in [-0.25, -0.2) is 9.97 Å². The highest BCUT2D eigenvalue weighted by molar-refractivity contribution is 7.99. The molecule has 33 heavy (non-hydrogen) atoms. The van der Waals surface area contributed by atoms with Gasteiger partial charge in [-0.15, -0.1) is 11.3 Å². The zero-order valence-corrected chi connectivity index (χ0v) is 20.2. The molecule has 0 saturated carbocycles. The molecule has 2 aromatic heterocycles. The normalized spacial score (nSPS) is 11.0. The van der Waals surface area contributed by atoms with Crippen molar-refractivity contribution in [2.75, 3.05) is 39.0 Å². The van der Waals surface area contributed by atoms with Crippen molar-refractivity contribution in [1.29, 1.82) is 0 Å². The van der Waals surface area contributed by atoms with E-state index in [2.05, 4.69) is 19.9 Å². The summed E-state index contributed by atoms with van der Waals surface area (Å²) < 4.78 is 18.0. The van der Waals surface area contributed by atoms with Gasteiger partial charge >= 0.3 is 0 Å². The predicted octanol–water partition coefficient (Wildman–Crippen LogP) is 4.55. The smallest absolute Gasteiger partial charge is 0.236 e. The number of hydrogen-bond acceptors (Lipinski definition) is 8. The maximum absolute atomic E-state index is 12.6. The molecule has 2 aromatic carbocycles. The van der Waals surface area contributed by atoms with Crippen LogP contribution in [0.4, 0.5) is 5.13 Å². The Hall–Kier alpha value is -3.08. The number of amides is 1. The number of nitrogens with one attached hydrogen (secondary N) is 1. The predicted molar refractivity (Wildman–Crippen MR) is 132 cm³/mol. The van der Waals surface area contributed by atoms with E-state index < -0.39 is 0 Å². The van der Waals surface area contributed by atoms with Crippen LogP contribution in [0.2, 0.25) is 0 Å². The molecule has 0 aliphatic rings. The number of hydrogen-bond donors (Lipinski definition) is 1. The Kier molecular flexibility index (Phi) is 7.48. The summed E-state index contributed by atoms with van der Waals surface area (Å²) in [5, 5.41) is 6.08. The van der Waals surface area contributed by atoms with E-state index in [0.29, 0.717) is 29.8 Å². The molecule has 4 aromatic rings. The number of carbonyl (C=O) groups excluding carboxylic acids is 1. The number of imidazole rings is 1. The zero-order chi connectivity index (χ0) is 23.2. The fraction of sp³-hybridized carbons (Fsp3) is 0.261. The first-order valence-corrected chi connectivity index (χ1v) is 12.0. The van der Waals surface area contributed by atoms with E-state index in [0.717, 1.165) is 27.4 Å². The highest BCUT2D eigenvalue weighted by Gasteiger charge is 2.15. The number of para-hydroxylation sites is 2. The summed E-state index contributed by atoms with van der Waals surface area (Å²) in [5.74, 6) is 1.43. The van der Waals surface area contributed by atoms with Crippen molar-refractivity contribution in [2.45, 2.75) is 11.7 Å². The van der Waals surface area contributed by atoms with Gasteiger partial charge in [0.1, 0.15) is 11.5 Å². The van der Waals surface area contributed by atoms with Gasteiger partial charge in [-0.2, -0.15) is 0 Å². The molecule has 4 rings (SSSR count). The van der Waals surface area contributed by atoms with Gasteiger partial charge in [-0.3, -0.25) is 4.79 Å². The molecule has 0 aliphatic carbocycles. The lowest BCUT2D eigenvalue weighted by Gasteiger charge is -2.08. The number of thiazole rings is 1. The standard InChI is InChI=1S/C23H24N4O4S2/c1-29-11-10-27-19-7-5-4-6-17(19)25-23(27)33-14-21(28)26-22-24-18(13-32-22)16-9-8-15(30-2)12-20(16)31-3/h4-9,12-13H,10-11,14H2,1-3H3,(H,24,26,28). The Labute approximate surface area is 199 Å². The van der Waals surface area contributed by atoms with Gasteiger partial charge in [0.15, 0.2) is 10.3 Å². The summed E-state index contributed by atoms with van der Waals surface area (Å²) in [7, 11) is 4.88. The maximum Gasteiger partial charge on any atom is 0.236 e. The second kappa shape index (κ2) is 10.7. The Morgan fingerprint density at radius 1 is 1.12 bits per heavy atom. The summed E-state index contributed by atoms with van der Waals surface area (Å²) >= 11 is 2.76. The van der Waals surface area contributed by atoms with Crippen LogP contribution >= 0.6 is 23.1 Å². The molecule has 0 fully saturated rings. The van der Waals surface area contributed by atoms with Gasteiger partial charge in [0, 0.05) is 30.7 Å². The fourth-order valence-electron chi connectivity index (χ4n) is 3.31. The van der Waals surface area contributed by atoms with Crippen molar-refractivity contribution in [2.24, 2.45) is 0 Å². The molecule has 10 heteroatoms. The van der Waals surface area contributed by atoms with Crippen LogP contribution in [0, 0.1) is 0 Å². The Bertz CT molecular complexity index is 1250. The fourth-order valence-corrected chi connectivity index (χ4v) is 4.88. The van der Waals surface area contributed by atoms with Gasteiger partial charge in [0.25, 0.3) is 0 Å². The van der Waals surface area contributed by atoms with Crippen LogP contribution < -0.4 is 14.8 Å². The minimum atomic E-state index is -0.145. The van der Waals surface area contributed by atoms with Gasteiger partial charge in [0.05, 0.1) is 43.3 Å². The zero-order valence-electron chi connectivity index (χ0n) is 18.5. The topological polar surface area (TPSA) is 87.5 Å². The van der Waals surface area contributed by atoms with E-state index in [1.165, 1.54) is 23.1 Å². The van der Waals surface area contributed by atoms with Crippen molar-refractivity contribution in [3.8, 4) is 22.8 Å². The third-order valence-electron chi connectivity index (χ3n) is 4.91. The van der Waals surface area contributed by atoms with Gasteiger partial charge in [-0.1, -0.05) is 23.9 Å². The third-order valence-corrected chi connectivity index (χ3v) is 6.64. The monoisotopic (exact) mass is 484 g/mol. The number of fused-ring (bicyclic) bond motifs is 1. The molecule has 0 aliphatic heterocycles. The van der Waals surface area contributed by atoms with E-state index in [4.69, 9.17) is 14.2 Å². The number of benzene rings is 2. The Morgan fingerprint density at radius 2 is 1.97 bits per heavy atom. The number of methoxy groups -OCH3 is 3. The third kappa shape index (κ3) is 5.29. The lowest BCUT2D eigenvalue weighted by atomic mass is 10.1. The van der Waals surface area contributed by atoms with Crippen LogP contribution in [0.15, 0.2) is 53.0 Å². The number of nitrogens with zero attached hydrogens (tertiary/aromatic N) is 3. The lowest BCUT2D eigenvalue weighted by Crippen LogP contribution is -2.14. The molecule has 2 heterocycles. The van der Waals surface area contributed by atoms with Crippen LogP contribution in [0.25, 0.3) is 22.3 Å². The molecular formula is C23H24N4O4S2. The summed E-state index contributed by atoms with van der Waals surface area (Å²) in [5.41, 5.74) is 3.48. The quantitative estimate of drug-likeness (QED) is 0.330. The number of ether oxygens (including phenoxy) is 3. The number of aromatic nitrogens is 3. The summed E-state index contributed by atoms with van der Waals surface area (Å²) in [6, 6.07) is 13.5. The van der Waals surface area contributed by atoms with E-state index in [-0.39, 0.29) is 11.7 Å². The number of thioether (sulfide) groups is 1. The molecule has 0 saturated heterocycles. The number of rotatable bonds is 10. The van der Waals surface area contributed by atoms with Crippen LogP contribution in [0.1, 0.15) is 0 Å². The van der Waals surface area contributed by atoms with Crippen molar-refractivity contribution in [3.05, 3.63) is 47.8 Å². The Balaban J connectivity index is 1.43. The average Bonchev–Trinajstić information content (AvgIpc) is 3.45. The average molecular weight is 485 g/mol. The van der Waals surface area contributed by atoms with E-state index in [9.17, 15) is 4.79 Å². The van der Waals surface area contributed by atoms with Crippen molar-refractivity contribution in [1.82, 2.24) is 14.5 Å². The summed E-state index contributed by atoms with van der Waals surface area (Å²) in [6.45, 7) is 1.23. The van der Waals surface area contributed by atoms with E-state index in [1.807, 2.05) is 41.8 Å². The molecule has 0 radical (unpaired) electrons.